The van der Waals surface area contributed by atoms with Crippen LogP contribution in [0.15, 0.2) is 0 Å². The monoisotopic (exact) mass is 692 g/mol. The molecule has 10 nitrogen and oxygen atoms in total. The fourth-order valence-electron chi connectivity index (χ4n) is 11.6. The number of halogens is 4. The van der Waals surface area contributed by atoms with Crippen LogP contribution in [-0.2, 0) is 29.7 Å². The van der Waals surface area contributed by atoms with Crippen molar-refractivity contribution < 1.29 is 63.2 Å². The third-order valence-corrected chi connectivity index (χ3v) is 15.3. The van der Waals surface area contributed by atoms with Crippen molar-refractivity contribution in [1.29, 1.82) is 0 Å². The highest BCUT2D eigenvalue weighted by Crippen LogP contribution is 2.77. The number of ether oxygens (including phenoxy) is 2. The first-order chi connectivity index (χ1) is 20.5. The maximum atomic E-state index is 13.7. The first-order valence-electron chi connectivity index (χ1n) is 15.8. The van der Waals surface area contributed by atoms with Gasteiger partial charge in [0.2, 0.25) is 0 Å². The van der Waals surface area contributed by atoms with Crippen LogP contribution in [0, 0.1) is 70.0 Å². The molecule has 0 spiro atoms. The van der Waals surface area contributed by atoms with Gasteiger partial charge in [0, 0.05) is 0 Å². The molecular formula is C29H44F4O10S2. The second kappa shape index (κ2) is 10.4. The molecule has 0 aromatic carbocycles. The SMILES string of the molecule is CC1C(O)C2CC3(COCC(F)(F)S(=O)(=O)O)CC(C1CC(C)C1(O)C(C)CC4CC5(COCC(F)(F)S(=O)(=O)O)CC1C45)C23. The van der Waals surface area contributed by atoms with Crippen molar-refractivity contribution in [2.24, 2.45) is 70.0 Å². The van der Waals surface area contributed by atoms with Crippen molar-refractivity contribution in [1.82, 2.24) is 0 Å². The largest absolute Gasteiger partial charge is 0.393 e. The molecule has 14 atom stereocenters. The molecule has 0 aromatic heterocycles. The summed E-state index contributed by atoms with van der Waals surface area (Å²) in [5, 5.41) is 14.7. The Morgan fingerprint density at radius 3 is 1.89 bits per heavy atom. The fourth-order valence-corrected chi connectivity index (χ4v) is 12.1. The van der Waals surface area contributed by atoms with E-state index < -0.39 is 66.5 Å². The Bertz CT molecular complexity index is 1410. The van der Waals surface area contributed by atoms with Gasteiger partial charge >= 0.3 is 30.7 Å². The van der Waals surface area contributed by atoms with Crippen molar-refractivity contribution in [2.45, 2.75) is 81.5 Å². The Labute approximate surface area is 261 Å². The van der Waals surface area contributed by atoms with Crippen molar-refractivity contribution in [2.75, 3.05) is 26.4 Å². The van der Waals surface area contributed by atoms with Gasteiger partial charge in [0.25, 0.3) is 0 Å². The molecule has 0 heterocycles. The highest BCUT2D eigenvalue weighted by atomic mass is 32.2. The standard InChI is InChI=1S/C29H44F4O10S2/c1-14-4-17-6-25(10-42-12-27(30,31)44(36,37)38)9-21(22(17)25)29(14,35)15(2)5-18-16(3)24(34)20-8-26(7-19(18)23(20)26)11-43-13-28(32,33)45(39,40)41/h14-24,34-35H,4-13H2,1-3H3,(H,36,37,38)(H,39,40,41). The Kier molecular flexibility index (Phi) is 7.95. The summed E-state index contributed by atoms with van der Waals surface area (Å²) in [6.45, 7) is 2.99. The minimum absolute atomic E-state index is 0.0103. The van der Waals surface area contributed by atoms with E-state index in [1.54, 1.807) is 0 Å². The van der Waals surface area contributed by atoms with E-state index in [9.17, 15) is 44.6 Å². The lowest BCUT2D eigenvalue weighted by atomic mass is 9.30. The zero-order valence-electron chi connectivity index (χ0n) is 25.5. The number of aliphatic hydroxyl groups is 2. The van der Waals surface area contributed by atoms with Crippen LogP contribution in [0.1, 0.15) is 59.3 Å². The van der Waals surface area contributed by atoms with Crippen LogP contribution in [0.3, 0.4) is 0 Å². The molecule has 6 aliphatic carbocycles. The van der Waals surface area contributed by atoms with E-state index in [2.05, 4.69) is 0 Å². The lowest BCUT2D eigenvalue weighted by Crippen LogP contribution is -2.75. The van der Waals surface area contributed by atoms with E-state index in [4.69, 9.17) is 18.6 Å². The molecule has 6 fully saturated rings. The molecule has 6 aliphatic rings. The number of hydrogen-bond acceptors (Lipinski definition) is 8. The van der Waals surface area contributed by atoms with Crippen molar-refractivity contribution in [3.05, 3.63) is 0 Å². The Morgan fingerprint density at radius 2 is 1.36 bits per heavy atom. The topological polar surface area (TPSA) is 168 Å². The van der Waals surface area contributed by atoms with Crippen molar-refractivity contribution in [3.8, 4) is 0 Å². The number of alkyl halides is 4. The molecule has 0 radical (unpaired) electrons. The predicted octanol–water partition coefficient (Wildman–Crippen LogP) is 3.69. The minimum atomic E-state index is -5.59. The zero-order valence-corrected chi connectivity index (χ0v) is 27.1. The average Bonchev–Trinajstić information content (AvgIpc) is 2.88. The Hall–Kier alpha value is -0.620. The van der Waals surface area contributed by atoms with Crippen LogP contribution in [0.2, 0.25) is 0 Å². The van der Waals surface area contributed by atoms with E-state index >= 15 is 0 Å². The third-order valence-electron chi connectivity index (χ3n) is 13.6. The first kappa shape index (κ1) is 34.3. The maximum Gasteiger partial charge on any atom is 0.392 e. The molecule has 6 rings (SSSR count). The molecule has 0 amide bonds. The summed E-state index contributed by atoms with van der Waals surface area (Å²) >= 11 is 0. The van der Waals surface area contributed by atoms with Gasteiger partial charge in [0.05, 0.1) is 24.9 Å². The summed E-state index contributed by atoms with van der Waals surface area (Å²) in [5.74, 6) is 0.288. The van der Waals surface area contributed by atoms with Gasteiger partial charge in [-0.2, -0.15) is 34.4 Å². The van der Waals surface area contributed by atoms with Gasteiger partial charge in [-0.3, -0.25) is 9.11 Å². The van der Waals surface area contributed by atoms with Crippen molar-refractivity contribution >= 4 is 20.2 Å². The smallest absolute Gasteiger partial charge is 0.392 e. The molecule has 16 heteroatoms. The molecule has 260 valence electrons. The molecular weight excluding hydrogens is 648 g/mol. The van der Waals surface area contributed by atoms with E-state index in [0.717, 1.165) is 12.8 Å². The molecule has 0 bridgehead atoms. The summed E-state index contributed by atoms with van der Waals surface area (Å²) in [4.78, 5) is 0. The van der Waals surface area contributed by atoms with Gasteiger partial charge in [-0.25, -0.2) is 0 Å². The van der Waals surface area contributed by atoms with E-state index in [0.29, 0.717) is 31.6 Å². The van der Waals surface area contributed by atoms with Gasteiger partial charge in [0.1, 0.15) is 13.2 Å². The van der Waals surface area contributed by atoms with Crippen LogP contribution in [0.5, 0.6) is 0 Å². The summed E-state index contributed by atoms with van der Waals surface area (Å²) < 4.78 is 126. The van der Waals surface area contributed by atoms with E-state index in [-0.39, 0.29) is 66.5 Å². The van der Waals surface area contributed by atoms with Crippen LogP contribution in [0.4, 0.5) is 17.6 Å². The molecule has 4 N–H and O–H groups in total. The summed E-state index contributed by atoms with van der Waals surface area (Å²) in [7, 11) is -11.2. The normalized spacial score (nSPS) is 47.7. The summed E-state index contributed by atoms with van der Waals surface area (Å²) in [6.07, 6.45) is 3.35. The Balaban J connectivity index is 1.09. The maximum absolute atomic E-state index is 13.7. The summed E-state index contributed by atoms with van der Waals surface area (Å²) in [6, 6.07) is 0. The van der Waals surface area contributed by atoms with Crippen LogP contribution >= 0.6 is 0 Å². The minimum Gasteiger partial charge on any atom is -0.393 e. The van der Waals surface area contributed by atoms with Crippen LogP contribution in [-0.4, -0.2) is 84.8 Å². The number of rotatable bonds is 13. The fraction of sp³-hybridized carbons (Fsp3) is 1.00. The summed E-state index contributed by atoms with van der Waals surface area (Å²) in [5.41, 5.74) is -1.89. The number of hydrogen-bond donors (Lipinski definition) is 4. The second-order valence-electron chi connectivity index (χ2n) is 15.7. The van der Waals surface area contributed by atoms with E-state index in [1.165, 1.54) is 0 Å². The van der Waals surface area contributed by atoms with Crippen LogP contribution in [0.25, 0.3) is 0 Å². The average molecular weight is 693 g/mol. The van der Waals surface area contributed by atoms with E-state index in [1.807, 2.05) is 20.8 Å². The molecule has 0 saturated heterocycles. The van der Waals surface area contributed by atoms with Gasteiger partial charge in [-0.1, -0.05) is 20.8 Å². The highest BCUT2D eigenvalue weighted by molar-refractivity contribution is 7.87. The van der Waals surface area contributed by atoms with Gasteiger partial charge in [-0.05, 0) is 109 Å². The lowest BCUT2D eigenvalue weighted by molar-refractivity contribution is -0.324. The molecule has 0 aromatic rings. The van der Waals surface area contributed by atoms with Crippen molar-refractivity contribution in [3.63, 3.8) is 0 Å². The van der Waals surface area contributed by atoms with Gasteiger partial charge < -0.3 is 19.7 Å². The molecule has 14 unspecified atom stereocenters. The Morgan fingerprint density at radius 1 is 0.844 bits per heavy atom. The second-order valence-corrected chi connectivity index (χ2v) is 18.8. The first-order valence-corrected chi connectivity index (χ1v) is 18.6. The molecule has 45 heavy (non-hydrogen) atoms. The van der Waals surface area contributed by atoms with Gasteiger partial charge in [-0.15, -0.1) is 0 Å². The molecule has 0 aliphatic heterocycles. The zero-order chi connectivity index (χ0) is 33.3. The number of aliphatic hydroxyl groups excluding tert-OH is 1. The lowest BCUT2D eigenvalue weighted by Gasteiger charge is -2.76. The highest BCUT2D eigenvalue weighted by Gasteiger charge is 2.75. The third kappa shape index (κ3) is 4.88. The quantitative estimate of drug-likeness (QED) is 0.165. The predicted molar refractivity (Wildman–Crippen MR) is 150 cm³/mol. The van der Waals surface area contributed by atoms with Gasteiger partial charge in [0.15, 0.2) is 0 Å². The van der Waals surface area contributed by atoms with Crippen LogP contribution < -0.4 is 0 Å². The molecule has 6 saturated carbocycles.